The van der Waals surface area contributed by atoms with Gasteiger partial charge in [-0.2, -0.15) is 0 Å². The zero-order valence-corrected chi connectivity index (χ0v) is 34.0. The highest BCUT2D eigenvalue weighted by Crippen LogP contribution is 2.63. The van der Waals surface area contributed by atoms with E-state index in [1.165, 1.54) is 55.9 Å². The summed E-state index contributed by atoms with van der Waals surface area (Å²) in [6, 6.07) is 39.9. The lowest BCUT2D eigenvalue weighted by molar-refractivity contribution is 0.549. The van der Waals surface area contributed by atoms with E-state index >= 15 is 0 Å². The molecule has 0 N–H and O–H groups in total. The van der Waals surface area contributed by atoms with Gasteiger partial charge in [-0.25, -0.2) is 9.97 Å². The van der Waals surface area contributed by atoms with Crippen molar-refractivity contribution in [3.05, 3.63) is 137 Å². The van der Waals surface area contributed by atoms with Crippen molar-refractivity contribution in [2.75, 3.05) is 0 Å². The summed E-state index contributed by atoms with van der Waals surface area (Å²) in [5.41, 5.74) is 18.9. The summed E-state index contributed by atoms with van der Waals surface area (Å²) >= 11 is 0. The van der Waals surface area contributed by atoms with Gasteiger partial charge in [0.05, 0.1) is 62.3 Å². The summed E-state index contributed by atoms with van der Waals surface area (Å²) in [5, 5.41) is 5.70. The maximum Gasteiger partial charge on any atom is 0.220 e. The summed E-state index contributed by atoms with van der Waals surface area (Å²) < 4.78 is 22.9. The number of rotatable bonds is 0. The van der Waals surface area contributed by atoms with Crippen molar-refractivity contribution in [1.29, 1.82) is 0 Å². The molecule has 2 aliphatic heterocycles. The first-order chi connectivity index (χ1) is 29.0. The van der Waals surface area contributed by atoms with Crippen molar-refractivity contribution in [2.45, 2.75) is 64.3 Å². The summed E-state index contributed by atoms with van der Waals surface area (Å²) in [5.74, 6) is 1.89. The minimum atomic E-state index is -0.0563. The molecule has 0 radical (unpaired) electrons. The van der Waals surface area contributed by atoms with E-state index in [1.54, 1.807) is 0 Å². The van der Waals surface area contributed by atoms with Crippen molar-refractivity contribution in [3.8, 4) is 22.9 Å². The molecule has 8 nitrogen and oxygen atoms in total. The molecular formula is C52H38N6O2. The highest BCUT2D eigenvalue weighted by atomic mass is 16.3. The molecule has 3 aliphatic rings. The van der Waals surface area contributed by atoms with Crippen LogP contribution >= 0.6 is 0 Å². The number of aromatic nitrogens is 6. The Morgan fingerprint density at radius 1 is 0.533 bits per heavy atom. The average molecular weight is 779 g/mol. The van der Waals surface area contributed by atoms with Crippen LogP contribution in [0.25, 0.3) is 106 Å². The first-order valence-electron chi connectivity index (χ1n) is 21.1. The summed E-state index contributed by atoms with van der Waals surface area (Å²) in [6.45, 7) is 13.9. The van der Waals surface area contributed by atoms with Crippen molar-refractivity contribution >= 4 is 82.6 Å². The normalized spacial score (nSPS) is 16.8. The smallest absolute Gasteiger partial charge is 0.220 e. The number of furan rings is 2. The van der Waals surface area contributed by atoms with Crippen molar-refractivity contribution in [1.82, 2.24) is 28.1 Å². The van der Waals surface area contributed by atoms with Crippen LogP contribution in [0.2, 0.25) is 0 Å². The van der Waals surface area contributed by atoms with Gasteiger partial charge in [0.1, 0.15) is 22.3 Å². The van der Waals surface area contributed by atoms with Gasteiger partial charge in [-0.05, 0) is 70.0 Å². The fraction of sp³-hybridized carbons (Fsp3) is 0.192. The summed E-state index contributed by atoms with van der Waals surface area (Å²) in [4.78, 5) is 11.1. The monoisotopic (exact) mass is 778 g/mol. The van der Waals surface area contributed by atoms with Crippen LogP contribution in [0.15, 0.2) is 118 Å². The molecule has 12 aromatic rings. The molecule has 0 spiro atoms. The van der Waals surface area contributed by atoms with Crippen LogP contribution in [0.1, 0.15) is 81.6 Å². The van der Waals surface area contributed by atoms with Crippen LogP contribution in [-0.2, 0) is 10.8 Å². The van der Waals surface area contributed by atoms with Gasteiger partial charge in [0.2, 0.25) is 11.7 Å². The Balaban J connectivity index is 1.14. The first kappa shape index (κ1) is 31.9. The first-order valence-corrected chi connectivity index (χ1v) is 21.1. The molecule has 0 saturated heterocycles. The van der Waals surface area contributed by atoms with Crippen LogP contribution in [0, 0.1) is 0 Å². The highest BCUT2D eigenvalue weighted by molar-refractivity contribution is 6.12. The predicted octanol–water partition coefficient (Wildman–Crippen LogP) is 13.0. The Morgan fingerprint density at radius 2 is 1.17 bits per heavy atom. The summed E-state index contributed by atoms with van der Waals surface area (Å²) in [7, 11) is 0. The van der Waals surface area contributed by atoms with E-state index in [4.69, 9.17) is 18.8 Å². The van der Waals surface area contributed by atoms with Gasteiger partial charge in [-0.1, -0.05) is 96.1 Å². The fourth-order valence-corrected chi connectivity index (χ4v) is 11.4. The number of hydrogen-bond donors (Lipinski definition) is 0. The SMILES string of the molecule is CC(C)(C)c1ccc2c(c1)C1c3c(n4c5cc6c(cc5nc4n3-2)oc2ccccc26)-c2c3n(c4ccc(C(C)(C)C)cc24)-c2nc4cc5oc6ccccc6c5cc4n2C31. The van der Waals surface area contributed by atoms with Crippen molar-refractivity contribution < 1.29 is 8.83 Å². The van der Waals surface area contributed by atoms with Crippen LogP contribution in [0.3, 0.4) is 0 Å². The molecule has 60 heavy (non-hydrogen) atoms. The molecule has 15 rings (SSSR count). The number of nitrogens with zero attached hydrogens (tertiary/aromatic N) is 6. The van der Waals surface area contributed by atoms with Gasteiger partial charge in [0, 0.05) is 44.6 Å². The van der Waals surface area contributed by atoms with Gasteiger partial charge in [0.25, 0.3) is 0 Å². The molecule has 0 amide bonds. The lowest BCUT2D eigenvalue weighted by Gasteiger charge is -2.30. The van der Waals surface area contributed by atoms with Crippen molar-refractivity contribution in [3.63, 3.8) is 0 Å². The zero-order valence-electron chi connectivity index (χ0n) is 34.0. The topological polar surface area (TPSA) is 71.3 Å². The molecule has 288 valence electrons. The Kier molecular flexibility index (Phi) is 5.24. The van der Waals surface area contributed by atoms with Crippen LogP contribution < -0.4 is 0 Å². The molecule has 8 heterocycles. The molecule has 1 aliphatic carbocycles. The van der Waals surface area contributed by atoms with Gasteiger partial charge in [0.15, 0.2) is 0 Å². The van der Waals surface area contributed by atoms with Crippen LogP contribution in [0.4, 0.5) is 0 Å². The molecule has 0 fully saturated rings. The minimum absolute atomic E-state index is 0.000580. The minimum Gasteiger partial charge on any atom is -0.456 e. The van der Waals surface area contributed by atoms with Crippen LogP contribution in [-0.4, -0.2) is 28.1 Å². The lowest BCUT2D eigenvalue weighted by atomic mass is 9.78. The molecule has 6 aromatic carbocycles. The Labute approximate surface area is 342 Å². The highest BCUT2D eigenvalue weighted by Gasteiger charge is 2.53. The molecule has 0 bridgehead atoms. The lowest BCUT2D eigenvalue weighted by Crippen LogP contribution is -2.21. The largest absolute Gasteiger partial charge is 0.456 e. The second kappa shape index (κ2) is 9.86. The number of para-hydroxylation sites is 2. The molecule has 2 atom stereocenters. The molecule has 6 aromatic heterocycles. The second-order valence-corrected chi connectivity index (χ2v) is 19.5. The van der Waals surface area contributed by atoms with Gasteiger partial charge in [-0.15, -0.1) is 0 Å². The van der Waals surface area contributed by atoms with E-state index in [-0.39, 0.29) is 22.8 Å². The van der Waals surface area contributed by atoms with E-state index in [1.807, 2.05) is 12.1 Å². The average Bonchev–Trinajstić information content (AvgIpc) is 4.09. The van der Waals surface area contributed by atoms with E-state index in [2.05, 4.69) is 157 Å². The van der Waals surface area contributed by atoms with Gasteiger partial charge < -0.3 is 8.83 Å². The zero-order chi connectivity index (χ0) is 39.9. The van der Waals surface area contributed by atoms with E-state index in [9.17, 15) is 0 Å². The quantitative estimate of drug-likeness (QED) is 0.154. The van der Waals surface area contributed by atoms with Crippen LogP contribution in [0.5, 0.6) is 0 Å². The third kappa shape index (κ3) is 3.56. The summed E-state index contributed by atoms with van der Waals surface area (Å²) in [6.07, 6.45) is 0. The molecule has 2 unspecified atom stereocenters. The maximum absolute atomic E-state index is 6.43. The van der Waals surface area contributed by atoms with E-state index in [0.29, 0.717) is 0 Å². The number of hydrogen-bond acceptors (Lipinski definition) is 4. The second-order valence-electron chi connectivity index (χ2n) is 19.5. The van der Waals surface area contributed by atoms with E-state index in [0.717, 1.165) is 77.7 Å². The van der Waals surface area contributed by atoms with Gasteiger partial charge in [-0.3, -0.25) is 18.1 Å². The standard InChI is InChI=1S/C52H38N6O2/c1-51(2,3)25-15-17-35-31(19-25)43-45-48(58-38-22-30-28-12-8-10-14-40(28)60-42(30)24-34(38)53-49(58)55(35)45)44-32-20-26(52(4,5)6)16-18-36(32)56-46(44)47(43)57-37-21-29-27-11-7-9-13-39(27)59-41(29)23-33(37)54-50(56)57/h7-24,43,47H,1-6H3. The van der Waals surface area contributed by atoms with Gasteiger partial charge >= 0.3 is 0 Å². The molecular weight excluding hydrogens is 741 g/mol. The maximum atomic E-state index is 6.43. The predicted molar refractivity (Wildman–Crippen MR) is 240 cm³/mol. The number of imidazole rings is 3. The Bertz CT molecular complexity index is 3990. The third-order valence-electron chi connectivity index (χ3n) is 14.2. The van der Waals surface area contributed by atoms with E-state index < -0.39 is 0 Å². The van der Waals surface area contributed by atoms with Crippen molar-refractivity contribution in [2.24, 2.45) is 0 Å². The Morgan fingerprint density at radius 3 is 1.87 bits per heavy atom. The molecule has 0 saturated carbocycles. The number of benzene rings is 6. The fourth-order valence-electron chi connectivity index (χ4n) is 11.4. The molecule has 8 heteroatoms. The third-order valence-corrected chi connectivity index (χ3v) is 14.2. The Hall–Kier alpha value is -7.06. The number of fused-ring (bicyclic) bond motifs is 24.